The van der Waals surface area contributed by atoms with E-state index in [0.29, 0.717) is 5.56 Å². The fourth-order valence-corrected chi connectivity index (χ4v) is 3.52. The summed E-state index contributed by atoms with van der Waals surface area (Å²) in [5, 5.41) is 0.144. The first-order valence-corrected chi connectivity index (χ1v) is 9.93. The van der Waals surface area contributed by atoms with Gasteiger partial charge >= 0.3 is 5.97 Å². The number of ether oxygens (including phenoxy) is 2. The predicted octanol–water partition coefficient (Wildman–Crippen LogP) is 4.67. The van der Waals surface area contributed by atoms with Crippen molar-refractivity contribution in [2.75, 3.05) is 7.11 Å². The van der Waals surface area contributed by atoms with Crippen molar-refractivity contribution < 1.29 is 31.9 Å². The summed E-state index contributed by atoms with van der Waals surface area (Å²) in [5.41, 5.74) is 6.60. The molecule has 4 aromatic rings. The highest BCUT2D eigenvalue weighted by Gasteiger charge is 2.20. The molecule has 6 nitrogen and oxygen atoms in total. The first-order chi connectivity index (χ1) is 15.9. The molecule has 2 heterocycles. The minimum Gasteiger partial charge on any atom is -0.488 e. The molecule has 0 atom stereocenters. The lowest BCUT2D eigenvalue weighted by molar-refractivity contribution is -0.139. The van der Waals surface area contributed by atoms with E-state index in [4.69, 9.17) is 14.9 Å². The summed E-state index contributed by atoms with van der Waals surface area (Å²) in [4.78, 5) is 15.6. The molecule has 0 saturated carbocycles. The molecule has 0 aliphatic carbocycles. The Hall–Kier alpha value is -3.85. The molecule has 0 saturated heterocycles. The van der Waals surface area contributed by atoms with Crippen LogP contribution < -0.4 is 10.5 Å². The Labute approximate surface area is 186 Å². The lowest BCUT2D eigenvalue weighted by Crippen LogP contribution is -2.08. The summed E-state index contributed by atoms with van der Waals surface area (Å²) in [6.07, 6.45) is 2.49. The molecule has 0 bridgehead atoms. The van der Waals surface area contributed by atoms with Crippen LogP contribution in [-0.2, 0) is 29.1 Å². The van der Waals surface area contributed by atoms with E-state index in [1.54, 1.807) is 0 Å². The first kappa shape index (κ1) is 22.3. The number of carbonyl (C=O) groups is 1. The maximum Gasteiger partial charge on any atom is 0.310 e. The standard InChI is InChI=1S/C24H19F3N2O4/c1-31-21(30)10-13-8-15(25)2-3-20(13)33-12-14-9-18(24-17(22(14)26)5-7-32-24)16-4-6-29-19(11-28)23(16)27/h2-9H,10-12,28H2,1H3. The third-order valence-electron chi connectivity index (χ3n) is 5.16. The molecule has 0 amide bonds. The van der Waals surface area contributed by atoms with Crippen LogP contribution in [0.3, 0.4) is 0 Å². The van der Waals surface area contributed by atoms with E-state index in [-0.39, 0.29) is 58.7 Å². The van der Waals surface area contributed by atoms with E-state index in [2.05, 4.69) is 9.72 Å². The normalized spacial score (nSPS) is 11.1. The summed E-state index contributed by atoms with van der Waals surface area (Å²) >= 11 is 0. The molecular weight excluding hydrogens is 437 g/mol. The Bertz CT molecular complexity index is 1340. The Morgan fingerprint density at radius 2 is 1.88 bits per heavy atom. The highest BCUT2D eigenvalue weighted by atomic mass is 19.1. The molecule has 0 spiro atoms. The summed E-state index contributed by atoms with van der Waals surface area (Å²) in [7, 11) is 1.22. The number of methoxy groups -OCH3 is 1. The molecule has 2 N–H and O–H groups in total. The second-order valence-corrected chi connectivity index (χ2v) is 7.18. The molecule has 0 aliphatic rings. The second-order valence-electron chi connectivity index (χ2n) is 7.18. The van der Waals surface area contributed by atoms with Gasteiger partial charge in [-0.3, -0.25) is 9.78 Å². The van der Waals surface area contributed by atoms with E-state index in [1.807, 2.05) is 0 Å². The number of carbonyl (C=O) groups excluding carboxylic acids is 1. The van der Waals surface area contributed by atoms with Crippen LogP contribution >= 0.6 is 0 Å². The van der Waals surface area contributed by atoms with Crippen LogP contribution in [0.2, 0.25) is 0 Å². The van der Waals surface area contributed by atoms with Gasteiger partial charge < -0.3 is 19.6 Å². The molecule has 33 heavy (non-hydrogen) atoms. The van der Waals surface area contributed by atoms with Crippen LogP contribution in [0.4, 0.5) is 13.2 Å². The first-order valence-electron chi connectivity index (χ1n) is 9.93. The summed E-state index contributed by atoms with van der Waals surface area (Å²) in [6, 6.07) is 7.96. The van der Waals surface area contributed by atoms with E-state index >= 15 is 4.39 Å². The number of halogens is 3. The number of fused-ring (bicyclic) bond motifs is 1. The molecule has 9 heteroatoms. The van der Waals surface area contributed by atoms with E-state index in [9.17, 15) is 13.6 Å². The van der Waals surface area contributed by atoms with Crippen LogP contribution in [0.25, 0.3) is 22.1 Å². The van der Waals surface area contributed by atoms with Crippen LogP contribution in [0.15, 0.2) is 53.3 Å². The van der Waals surface area contributed by atoms with E-state index in [0.717, 1.165) is 12.1 Å². The van der Waals surface area contributed by atoms with Crippen LogP contribution in [-0.4, -0.2) is 18.1 Å². The second kappa shape index (κ2) is 9.33. The van der Waals surface area contributed by atoms with Crippen molar-refractivity contribution in [3.63, 3.8) is 0 Å². The predicted molar refractivity (Wildman–Crippen MR) is 114 cm³/mol. The fraction of sp³-hybridized carbons (Fsp3) is 0.167. The highest BCUT2D eigenvalue weighted by molar-refractivity contribution is 5.93. The van der Waals surface area contributed by atoms with Gasteiger partial charge in [-0.1, -0.05) is 0 Å². The minimum atomic E-state index is -0.630. The van der Waals surface area contributed by atoms with Gasteiger partial charge in [-0.05, 0) is 36.4 Å². The smallest absolute Gasteiger partial charge is 0.310 e. The Kier molecular flexibility index (Phi) is 6.32. The van der Waals surface area contributed by atoms with Crippen molar-refractivity contribution in [1.29, 1.82) is 0 Å². The molecule has 2 aromatic heterocycles. The van der Waals surface area contributed by atoms with Crippen molar-refractivity contribution in [3.8, 4) is 16.9 Å². The number of nitrogens with two attached hydrogens (primary N) is 1. The van der Waals surface area contributed by atoms with Crippen molar-refractivity contribution in [2.45, 2.75) is 19.6 Å². The van der Waals surface area contributed by atoms with Gasteiger partial charge in [-0.2, -0.15) is 0 Å². The number of pyridine rings is 1. The largest absolute Gasteiger partial charge is 0.488 e. The van der Waals surface area contributed by atoms with Crippen molar-refractivity contribution in [3.05, 3.63) is 83.1 Å². The average molecular weight is 456 g/mol. The molecule has 0 radical (unpaired) electrons. The highest BCUT2D eigenvalue weighted by Crippen LogP contribution is 2.35. The summed E-state index contributed by atoms with van der Waals surface area (Å²) in [6.45, 7) is -0.373. The summed E-state index contributed by atoms with van der Waals surface area (Å²) < 4.78 is 59.6. The van der Waals surface area contributed by atoms with Gasteiger partial charge in [-0.25, -0.2) is 13.2 Å². The number of hydrogen-bond donors (Lipinski definition) is 1. The van der Waals surface area contributed by atoms with Crippen LogP contribution in [0.1, 0.15) is 16.8 Å². The number of benzene rings is 2. The van der Waals surface area contributed by atoms with Gasteiger partial charge in [0.25, 0.3) is 0 Å². The number of nitrogens with zero attached hydrogens (tertiary/aromatic N) is 1. The maximum atomic E-state index is 15.2. The number of hydrogen-bond acceptors (Lipinski definition) is 6. The zero-order valence-corrected chi connectivity index (χ0v) is 17.5. The van der Waals surface area contributed by atoms with Gasteiger partial charge in [0, 0.05) is 35.0 Å². The quantitative estimate of drug-likeness (QED) is 0.407. The SMILES string of the molecule is COC(=O)Cc1cc(F)ccc1OCc1cc(-c2ccnc(CN)c2F)c2occc2c1F. The van der Waals surface area contributed by atoms with Crippen molar-refractivity contribution in [2.24, 2.45) is 5.73 Å². The lowest BCUT2D eigenvalue weighted by Gasteiger charge is -2.14. The maximum absolute atomic E-state index is 15.2. The Morgan fingerprint density at radius 1 is 1.06 bits per heavy atom. The molecule has 0 fully saturated rings. The summed E-state index contributed by atoms with van der Waals surface area (Å²) in [5.74, 6) is -2.18. The third-order valence-corrected chi connectivity index (χ3v) is 5.16. The van der Waals surface area contributed by atoms with Crippen molar-refractivity contribution >= 4 is 16.9 Å². The van der Waals surface area contributed by atoms with Gasteiger partial charge in [0.15, 0.2) is 5.82 Å². The fourth-order valence-electron chi connectivity index (χ4n) is 3.52. The van der Waals surface area contributed by atoms with Gasteiger partial charge in [0.1, 0.15) is 29.6 Å². The zero-order valence-electron chi connectivity index (χ0n) is 17.5. The van der Waals surface area contributed by atoms with E-state index < -0.39 is 23.4 Å². The number of rotatable bonds is 7. The monoisotopic (exact) mass is 456 g/mol. The topological polar surface area (TPSA) is 87.6 Å². The molecule has 4 rings (SSSR count). The van der Waals surface area contributed by atoms with Gasteiger partial charge in [0.05, 0.1) is 30.9 Å². The van der Waals surface area contributed by atoms with Crippen molar-refractivity contribution in [1.82, 2.24) is 4.98 Å². The van der Waals surface area contributed by atoms with E-state index in [1.165, 1.54) is 43.8 Å². The lowest BCUT2D eigenvalue weighted by atomic mass is 9.99. The molecule has 0 aliphatic heterocycles. The van der Waals surface area contributed by atoms with Crippen LogP contribution in [0, 0.1) is 17.5 Å². The molecule has 2 aromatic carbocycles. The molecule has 0 unspecified atom stereocenters. The third kappa shape index (κ3) is 4.40. The minimum absolute atomic E-state index is 0.0631. The Balaban J connectivity index is 1.74. The number of esters is 1. The van der Waals surface area contributed by atoms with Gasteiger partial charge in [0.2, 0.25) is 0 Å². The molecule has 170 valence electrons. The van der Waals surface area contributed by atoms with Crippen LogP contribution in [0.5, 0.6) is 5.75 Å². The number of aromatic nitrogens is 1. The average Bonchev–Trinajstić information content (AvgIpc) is 3.30. The Morgan fingerprint density at radius 3 is 2.64 bits per heavy atom. The van der Waals surface area contributed by atoms with Gasteiger partial charge in [-0.15, -0.1) is 0 Å². The zero-order chi connectivity index (χ0) is 23.5. The molecular formula is C24H19F3N2O4. The number of furan rings is 1.